The minimum absolute atomic E-state index is 0.241. The number of nitrogens with zero attached hydrogens (tertiary/aromatic N) is 1. The molecule has 0 aliphatic heterocycles. The van der Waals surface area contributed by atoms with E-state index in [1.165, 1.54) is 0 Å². The molecule has 0 aliphatic carbocycles. The van der Waals surface area contributed by atoms with Crippen LogP contribution >= 0.6 is 11.6 Å². The molecule has 0 aliphatic rings. The minimum atomic E-state index is -0.379. The Morgan fingerprint density at radius 2 is 1.81 bits per heavy atom. The van der Waals surface area contributed by atoms with Gasteiger partial charge in [0.2, 0.25) is 11.8 Å². The van der Waals surface area contributed by atoms with E-state index in [0.29, 0.717) is 17.3 Å². The van der Waals surface area contributed by atoms with Crippen molar-refractivity contribution in [3.8, 4) is 0 Å². The summed E-state index contributed by atoms with van der Waals surface area (Å²) in [5.41, 5.74) is 1.34. The Kier molecular flexibility index (Phi) is 5.29. The van der Waals surface area contributed by atoms with Gasteiger partial charge in [-0.3, -0.25) is 14.6 Å². The smallest absolute Gasteiger partial charge is 0.233 e. The Morgan fingerprint density at radius 3 is 2.48 bits per heavy atom. The van der Waals surface area contributed by atoms with E-state index >= 15 is 0 Å². The van der Waals surface area contributed by atoms with E-state index < -0.39 is 0 Å². The van der Waals surface area contributed by atoms with Gasteiger partial charge in [-0.1, -0.05) is 17.7 Å². The van der Waals surface area contributed by atoms with Crippen molar-refractivity contribution in [1.82, 2.24) is 10.3 Å². The second-order valence-corrected chi connectivity index (χ2v) is 4.77. The molecule has 1 aromatic carbocycles. The van der Waals surface area contributed by atoms with Gasteiger partial charge in [0.1, 0.15) is 6.42 Å². The fourth-order valence-corrected chi connectivity index (χ4v) is 1.76. The normalized spacial score (nSPS) is 9.95. The summed E-state index contributed by atoms with van der Waals surface area (Å²) in [6.07, 6.45) is 1.41. The third-order valence-electron chi connectivity index (χ3n) is 2.64. The number of anilines is 1. The van der Waals surface area contributed by atoms with Gasteiger partial charge < -0.3 is 10.6 Å². The van der Waals surface area contributed by atoms with Crippen molar-refractivity contribution in [2.75, 3.05) is 5.32 Å². The second-order valence-electron chi connectivity index (χ2n) is 4.33. The molecule has 0 saturated heterocycles. The van der Waals surface area contributed by atoms with E-state index in [9.17, 15) is 9.59 Å². The van der Waals surface area contributed by atoms with E-state index in [1.54, 1.807) is 42.6 Å². The molecule has 1 heterocycles. The van der Waals surface area contributed by atoms with Crippen LogP contribution in [0.2, 0.25) is 5.02 Å². The van der Waals surface area contributed by atoms with Crippen LogP contribution in [-0.4, -0.2) is 16.8 Å². The van der Waals surface area contributed by atoms with Crippen molar-refractivity contribution in [2.45, 2.75) is 13.0 Å². The van der Waals surface area contributed by atoms with Gasteiger partial charge in [-0.15, -0.1) is 0 Å². The molecule has 0 atom stereocenters. The van der Waals surface area contributed by atoms with Crippen molar-refractivity contribution in [2.24, 2.45) is 0 Å². The van der Waals surface area contributed by atoms with Gasteiger partial charge >= 0.3 is 0 Å². The molecule has 0 spiro atoms. The van der Waals surface area contributed by atoms with E-state index in [2.05, 4.69) is 15.6 Å². The Hall–Kier alpha value is -2.40. The topological polar surface area (TPSA) is 71.1 Å². The number of aromatic nitrogens is 1. The molecular weight excluding hydrogens is 290 g/mol. The van der Waals surface area contributed by atoms with Crippen LogP contribution in [0.5, 0.6) is 0 Å². The van der Waals surface area contributed by atoms with Crippen molar-refractivity contribution in [1.29, 1.82) is 0 Å². The lowest BCUT2D eigenvalue weighted by atomic mass is 10.3. The first-order valence-electron chi connectivity index (χ1n) is 6.35. The summed E-state index contributed by atoms with van der Waals surface area (Å²) >= 11 is 5.75. The average Bonchev–Trinajstić information content (AvgIpc) is 2.48. The summed E-state index contributed by atoms with van der Waals surface area (Å²) in [5.74, 6) is -0.733. The first-order chi connectivity index (χ1) is 10.1. The lowest BCUT2D eigenvalue weighted by Crippen LogP contribution is -2.28. The average molecular weight is 304 g/mol. The maximum Gasteiger partial charge on any atom is 0.233 e. The molecule has 0 bridgehead atoms. The molecule has 0 unspecified atom stereocenters. The van der Waals surface area contributed by atoms with Crippen LogP contribution in [0.15, 0.2) is 48.7 Å². The van der Waals surface area contributed by atoms with E-state index in [4.69, 9.17) is 11.6 Å². The van der Waals surface area contributed by atoms with Crippen molar-refractivity contribution in [3.63, 3.8) is 0 Å². The number of carbonyl (C=O) groups is 2. The fraction of sp³-hybridized carbons (Fsp3) is 0.133. The number of benzene rings is 1. The van der Waals surface area contributed by atoms with Crippen molar-refractivity contribution < 1.29 is 9.59 Å². The molecule has 0 radical (unpaired) electrons. The molecule has 5 nitrogen and oxygen atoms in total. The summed E-state index contributed by atoms with van der Waals surface area (Å²) in [4.78, 5) is 27.4. The molecule has 21 heavy (non-hydrogen) atoms. The number of rotatable bonds is 5. The Labute approximate surface area is 127 Å². The first-order valence-corrected chi connectivity index (χ1v) is 6.73. The lowest BCUT2D eigenvalue weighted by molar-refractivity contribution is -0.126. The Balaban J connectivity index is 1.77. The molecule has 2 rings (SSSR count). The van der Waals surface area contributed by atoms with Crippen LogP contribution in [0.1, 0.15) is 12.1 Å². The van der Waals surface area contributed by atoms with E-state index in [-0.39, 0.29) is 18.2 Å². The van der Waals surface area contributed by atoms with Crippen LogP contribution in [0.3, 0.4) is 0 Å². The lowest BCUT2D eigenvalue weighted by Gasteiger charge is -2.06. The highest BCUT2D eigenvalue weighted by atomic mass is 35.5. The molecule has 0 fully saturated rings. The standard InChI is InChI=1S/C15H14ClN3O2/c16-11-4-6-12(7-5-11)19-15(21)9-14(20)18-10-13-3-1-2-8-17-13/h1-8H,9-10H2,(H,18,20)(H,19,21). The van der Waals surface area contributed by atoms with Crippen LogP contribution in [0.4, 0.5) is 5.69 Å². The summed E-state index contributed by atoms with van der Waals surface area (Å²) < 4.78 is 0. The summed E-state index contributed by atoms with van der Waals surface area (Å²) in [7, 11) is 0. The SMILES string of the molecule is O=C(CC(=O)Nc1ccc(Cl)cc1)NCc1ccccn1. The van der Waals surface area contributed by atoms with Crippen LogP contribution in [-0.2, 0) is 16.1 Å². The molecule has 6 heteroatoms. The van der Waals surface area contributed by atoms with Crippen LogP contribution in [0.25, 0.3) is 0 Å². The minimum Gasteiger partial charge on any atom is -0.350 e. The maximum absolute atomic E-state index is 11.7. The zero-order valence-corrected chi connectivity index (χ0v) is 11.9. The Morgan fingerprint density at radius 1 is 1.05 bits per heavy atom. The first kappa shape index (κ1) is 15.0. The number of pyridine rings is 1. The van der Waals surface area contributed by atoms with Gasteiger partial charge in [0.05, 0.1) is 12.2 Å². The molecule has 2 aromatic rings. The van der Waals surface area contributed by atoms with Crippen LogP contribution < -0.4 is 10.6 Å². The summed E-state index contributed by atoms with van der Waals surface area (Å²) in [6.45, 7) is 0.300. The zero-order valence-electron chi connectivity index (χ0n) is 11.2. The molecular formula is C15H14ClN3O2. The van der Waals surface area contributed by atoms with Gasteiger partial charge in [-0.05, 0) is 36.4 Å². The van der Waals surface area contributed by atoms with Gasteiger partial charge in [-0.25, -0.2) is 0 Å². The number of carbonyl (C=O) groups excluding carboxylic acids is 2. The van der Waals surface area contributed by atoms with Crippen molar-refractivity contribution in [3.05, 3.63) is 59.4 Å². The number of halogens is 1. The zero-order chi connectivity index (χ0) is 15.1. The van der Waals surface area contributed by atoms with E-state index in [1.807, 2.05) is 6.07 Å². The Bertz CT molecular complexity index is 615. The van der Waals surface area contributed by atoms with E-state index in [0.717, 1.165) is 5.69 Å². The number of hydrogen-bond donors (Lipinski definition) is 2. The highest BCUT2D eigenvalue weighted by Gasteiger charge is 2.09. The number of amides is 2. The van der Waals surface area contributed by atoms with Gasteiger partial charge in [0, 0.05) is 16.9 Å². The van der Waals surface area contributed by atoms with Crippen molar-refractivity contribution >= 4 is 29.1 Å². The number of nitrogens with one attached hydrogen (secondary N) is 2. The largest absolute Gasteiger partial charge is 0.350 e. The highest BCUT2D eigenvalue weighted by Crippen LogP contribution is 2.13. The van der Waals surface area contributed by atoms with Gasteiger partial charge in [-0.2, -0.15) is 0 Å². The maximum atomic E-state index is 11.7. The quantitative estimate of drug-likeness (QED) is 0.833. The third kappa shape index (κ3) is 5.24. The molecule has 108 valence electrons. The number of hydrogen-bond acceptors (Lipinski definition) is 3. The molecule has 1 aromatic heterocycles. The summed E-state index contributed by atoms with van der Waals surface area (Å²) in [5, 5.41) is 5.85. The monoisotopic (exact) mass is 303 g/mol. The van der Waals surface area contributed by atoms with Crippen LogP contribution in [0, 0.1) is 0 Å². The molecule has 2 amide bonds. The predicted molar refractivity (Wildman–Crippen MR) is 80.8 cm³/mol. The molecule has 0 saturated carbocycles. The molecule has 2 N–H and O–H groups in total. The predicted octanol–water partition coefficient (Wildman–Crippen LogP) is 2.38. The van der Waals surface area contributed by atoms with Gasteiger partial charge in [0.25, 0.3) is 0 Å². The van der Waals surface area contributed by atoms with Gasteiger partial charge in [0.15, 0.2) is 0 Å². The second kappa shape index (κ2) is 7.40. The third-order valence-corrected chi connectivity index (χ3v) is 2.89. The summed E-state index contributed by atoms with van der Waals surface area (Å²) in [6, 6.07) is 12.1. The highest BCUT2D eigenvalue weighted by molar-refractivity contribution is 6.30. The fourth-order valence-electron chi connectivity index (χ4n) is 1.64.